The standard InChI is InChI=1S/C20H15FN4O2S/c21-15-5-3-14(4-6-15)17-9-10-18(28-17)20(27)25-24-19(26)12-23-16-7-1-13(11-22)2-8-16/h1-10,23H,12H2,(H,24,26)(H,25,27). The summed E-state index contributed by atoms with van der Waals surface area (Å²) in [6.45, 7) is -0.0442. The molecule has 6 nitrogen and oxygen atoms in total. The van der Waals surface area contributed by atoms with Crippen LogP contribution in [0, 0.1) is 17.1 Å². The number of amides is 2. The summed E-state index contributed by atoms with van der Waals surface area (Å²) in [6.07, 6.45) is 0. The molecule has 2 aromatic carbocycles. The van der Waals surface area contributed by atoms with Gasteiger partial charge in [-0.3, -0.25) is 20.4 Å². The number of rotatable bonds is 5. The van der Waals surface area contributed by atoms with Gasteiger partial charge in [0.1, 0.15) is 5.82 Å². The molecule has 0 spiro atoms. The molecule has 3 N–H and O–H groups in total. The summed E-state index contributed by atoms with van der Waals surface area (Å²) in [5.74, 6) is -1.19. The molecule has 2 amide bonds. The molecule has 0 aliphatic heterocycles. The highest BCUT2D eigenvalue weighted by molar-refractivity contribution is 7.17. The van der Waals surface area contributed by atoms with Crippen molar-refractivity contribution in [1.29, 1.82) is 5.26 Å². The first kappa shape index (κ1) is 19.1. The number of hydrazine groups is 1. The predicted molar refractivity (Wildman–Crippen MR) is 105 cm³/mol. The molecule has 0 radical (unpaired) electrons. The lowest BCUT2D eigenvalue weighted by atomic mass is 10.2. The summed E-state index contributed by atoms with van der Waals surface area (Å²) < 4.78 is 13.0. The average Bonchev–Trinajstić information content (AvgIpc) is 3.21. The van der Waals surface area contributed by atoms with Gasteiger partial charge in [-0.25, -0.2) is 4.39 Å². The minimum Gasteiger partial charge on any atom is -0.376 e. The fourth-order valence-electron chi connectivity index (χ4n) is 2.31. The largest absolute Gasteiger partial charge is 0.376 e. The van der Waals surface area contributed by atoms with Crippen molar-refractivity contribution in [3.8, 4) is 16.5 Å². The van der Waals surface area contributed by atoms with E-state index in [4.69, 9.17) is 5.26 Å². The lowest BCUT2D eigenvalue weighted by molar-refractivity contribution is -0.120. The molecule has 1 aromatic heterocycles. The van der Waals surface area contributed by atoms with E-state index in [9.17, 15) is 14.0 Å². The number of carbonyl (C=O) groups is 2. The Morgan fingerprint density at radius 2 is 1.68 bits per heavy atom. The van der Waals surface area contributed by atoms with Gasteiger partial charge in [-0.1, -0.05) is 12.1 Å². The molecule has 0 unspecified atom stereocenters. The molecule has 0 bridgehead atoms. The van der Waals surface area contributed by atoms with Crippen LogP contribution in [0.25, 0.3) is 10.4 Å². The van der Waals surface area contributed by atoms with Gasteiger partial charge in [0.2, 0.25) is 0 Å². The van der Waals surface area contributed by atoms with Crippen LogP contribution in [-0.2, 0) is 4.79 Å². The highest BCUT2D eigenvalue weighted by atomic mass is 32.1. The molecule has 0 aliphatic carbocycles. The number of hydrogen-bond acceptors (Lipinski definition) is 5. The van der Waals surface area contributed by atoms with Gasteiger partial charge in [-0.05, 0) is 54.1 Å². The van der Waals surface area contributed by atoms with E-state index in [-0.39, 0.29) is 12.4 Å². The van der Waals surface area contributed by atoms with Crippen LogP contribution >= 0.6 is 11.3 Å². The summed E-state index contributed by atoms with van der Waals surface area (Å²) in [4.78, 5) is 25.3. The van der Waals surface area contributed by atoms with Crippen LogP contribution in [-0.4, -0.2) is 18.4 Å². The maximum Gasteiger partial charge on any atom is 0.279 e. The SMILES string of the molecule is N#Cc1ccc(NCC(=O)NNC(=O)c2ccc(-c3ccc(F)cc3)s2)cc1. The molecule has 0 aliphatic rings. The lowest BCUT2D eigenvalue weighted by Crippen LogP contribution is -2.43. The topological polar surface area (TPSA) is 94.0 Å². The van der Waals surface area contributed by atoms with Gasteiger partial charge in [-0.2, -0.15) is 5.26 Å². The van der Waals surface area contributed by atoms with Crippen molar-refractivity contribution in [2.45, 2.75) is 0 Å². The molecule has 0 fully saturated rings. The molecule has 0 saturated carbocycles. The molecular weight excluding hydrogens is 379 g/mol. The van der Waals surface area contributed by atoms with Gasteiger partial charge in [0.15, 0.2) is 0 Å². The third kappa shape index (κ3) is 4.93. The summed E-state index contributed by atoms with van der Waals surface area (Å²) in [5, 5.41) is 11.6. The first-order chi connectivity index (χ1) is 13.5. The molecule has 1 heterocycles. The zero-order chi connectivity index (χ0) is 19.9. The molecule has 0 saturated heterocycles. The summed E-state index contributed by atoms with van der Waals surface area (Å²) >= 11 is 1.24. The van der Waals surface area contributed by atoms with Gasteiger partial charge in [0.05, 0.1) is 23.1 Å². The number of nitrogens with zero attached hydrogens (tertiary/aromatic N) is 1. The highest BCUT2D eigenvalue weighted by Gasteiger charge is 2.11. The second-order valence-electron chi connectivity index (χ2n) is 5.72. The van der Waals surface area contributed by atoms with Crippen LogP contribution < -0.4 is 16.2 Å². The van der Waals surface area contributed by atoms with Crippen LogP contribution in [0.2, 0.25) is 0 Å². The fourth-order valence-corrected chi connectivity index (χ4v) is 3.21. The lowest BCUT2D eigenvalue weighted by Gasteiger charge is -2.08. The van der Waals surface area contributed by atoms with E-state index in [1.807, 2.05) is 6.07 Å². The van der Waals surface area contributed by atoms with Crippen LogP contribution in [0.5, 0.6) is 0 Å². The third-order valence-corrected chi connectivity index (χ3v) is 4.87. The normalized spacial score (nSPS) is 10.0. The van der Waals surface area contributed by atoms with Crippen molar-refractivity contribution in [2.75, 3.05) is 11.9 Å². The van der Waals surface area contributed by atoms with Crippen molar-refractivity contribution in [2.24, 2.45) is 0 Å². The monoisotopic (exact) mass is 394 g/mol. The Morgan fingerprint density at radius 3 is 2.36 bits per heavy atom. The molecule has 3 aromatic rings. The Morgan fingerprint density at radius 1 is 0.964 bits per heavy atom. The van der Waals surface area contributed by atoms with Gasteiger partial charge >= 0.3 is 0 Å². The first-order valence-electron chi connectivity index (χ1n) is 8.24. The number of benzene rings is 2. The average molecular weight is 394 g/mol. The zero-order valence-electron chi connectivity index (χ0n) is 14.5. The maximum absolute atomic E-state index is 13.0. The summed E-state index contributed by atoms with van der Waals surface area (Å²) in [6, 6.07) is 18.1. The Hall–Kier alpha value is -3.70. The van der Waals surface area contributed by atoms with E-state index in [0.717, 1.165) is 10.4 Å². The Balaban J connectivity index is 1.49. The number of nitriles is 1. The minimum absolute atomic E-state index is 0.0442. The van der Waals surface area contributed by atoms with Crippen LogP contribution in [0.1, 0.15) is 15.2 Å². The molecule has 8 heteroatoms. The smallest absolute Gasteiger partial charge is 0.279 e. The Kier molecular flexibility index (Phi) is 5.99. The molecule has 3 rings (SSSR count). The van der Waals surface area contributed by atoms with Crippen molar-refractivity contribution in [3.63, 3.8) is 0 Å². The predicted octanol–water partition coefficient (Wildman–Crippen LogP) is 3.30. The van der Waals surface area contributed by atoms with Crippen LogP contribution in [0.3, 0.4) is 0 Å². The number of hydrogen-bond donors (Lipinski definition) is 3. The quantitative estimate of drug-likeness (QED) is 0.579. The van der Waals surface area contributed by atoms with E-state index >= 15 is 0 Å². The number of anilines is 1. The summed E-state index contributed by atoms with van der Waals surface area (Å²) in [7, 11) is 0. The minimum atomic E-state index is -0.440. The van der Waals surface area contributed by atoms with Gasteiger partial charge in [-0.15, -0.1) is 11.3 Å². The number of nitrogens with one attached hydrogen (secondary N) is 3. The third-order valence-electron chi connectivity index (χ3n) is 3.74. The molecule has 0 atom stereocenters. The van der Waals surface area contributed by atoms with Gasteiger partial charge < -0.3 is 5.32 Å². The number of halogens is 1. The molecule has 140 valence electrons. The first-order valence-corrected chi connectivity index (χ1v) is 9.06. The fraction of sp³-hybridized carbons (Fsp3) is 0.0500. The molecular formula is C20H15FN4O2S. The zero-order valence-corrected chi connectivity index (χ0v) is 15.3. The maximum atomic E-state index is 13.0. The van der Waals surface area contributed by atoms with E-state index < -0.39 is 11.8 Å². The van der Waals surface area contributed by atoms with E-state index in [0.29, 0.717) is 16.1 Å². The van der Waals surface area contributed by atoms with Crippen LogP contribution in [0.15, 0.2) is 60.7 Å². The Labute approximate surface area is 164 Å². The van der Waals surface area contributed by atoms with Gasteiger partial charge in [0, 0.05) is 10.6 Å². The van der Waals surface area contributed by atoms with Crippen molar-refractivity contribution < 1.29 is 14.0 Å². The van der Waals surface area contributed by atoms with Crippen molar-refractivity contribution in [1.82, 2.24) is 10.9 Å². The molecule has 28 heavy (non-hydrogen) atoms. The van der Waals surface area contributed by atoms with E-state index in [1.54, 1.807) is 48.5 Å². The van der Waals surface area contributed by atoms with Gasteiger partial charge in [0.25, 0.3) is 11.8 Å². The van der Waals surface area contributed by atoms with Crippen LogP contribution in [0.4, 0.5) is 10.1 Å². The second-order valence-corrected chi connectivity index (χ2v) is 6.80. The second kappa shape index (κ2) is 8.79. The van der Waals surface area contributed by atoms with E-state index in [1.165, 1.54) is 23.5 Å². The van der Waals surface area contributed by atoms with E-state index in [2.05, 4.69) is 16.2 Å². The summed E-state index contributed by atoms with van der Waals surface area (Å²) in [5.41, 5.74) is 6.71. The Bertz CT molecular complexity index is 1020. The number of carbonyl (C=O) groups excluding carboxylic acids is 2. The highest BCUT2D eigenvalue weighted by Crippen LogP contribution is 2.28. The number of thiophene rings is 1. The van der Waals surface area contributed by atoms with Crippen molar-refractivity contribution >= 4 is 28.8 Å². The van der Waals surface area contributed by atoms with Crippen molar-refractivity contribution in [3.05, 3.63) is 76.9 Å².